The summed E-state index contributed by atoms with van der Waals surface area (Å²) < 4.78 is 0. The fraction of sp³-hybridized carbons (Fsp3) is 0.522. The zero-order valence-corrected chi connectivity index (χ0v) is 17.1. The lowest BCUT2D eigenvalue weighted by Gasteiger charge is -2.38. The molecular formula is C23H32N4O. The Bertz CT molecular complexity index is 741. The van der Waals surface area contributed by atoms with Gasteiger partial charge in [-0.3, -0.25) is 9.74 Å². The molecule has 0 N–H and O–H groups in total. The van der Waals surface area contributed by atoms with E-state index in [1.807, 2.05) is 12.3 Å². The fourth-order valence-electron chi connectivity index (χ4n) is 4.13. The van der Waals surface area contributed by atoms with E-state index in [9.17, 15) is 0 Å². The third-order valence-corrected chi connectivity index (χ3v) is 5.84. The molecule has 4 rings (SSSR count). The van der Waals surface area contributed by atoms with Crippen molar-refractivity contribution in [2.24, 2.45) is 0 Å². The molecule has 0 spiro atoms. The van der Waals surface area contributed by atoms with Gasteiger partial charge in [-0.2, -0.15) is 0 Å². The third kappa shape index (κ3) is 4.47. The Balaban J connectivity index is 1.41. The van der Waals surface area contributed by atoms with E-state index in [2.05, 4.69) is 65.2 Å². The predicted octanol–water partition coefficient (Wildman–Crippen LogP) is 4.10. The summed E-state index contributed by atoms with van der Waals surface area (Å²) in [5.74, 6) is 1.05. The first kappa shape index (κ1) is 19.2. The van der Waals surface area contributed by atoms with E-state index in [0.717, 1.165) is 44.0 Å². The number of likely N-dealkylation sites (tertiary alicyclic amines) is 1. The van der Waals surface area contributed by atoms with Gasteiger partial charge in [-0.1, -0.05) is 30.3 Å². The number of hydrogen-bond donors (Lipinski definition) is 0. The van der Waals surface area contributed by atoms with Gasteiger partial charge in [-0.05, 0) is 50.3 Å². The highest BCUT2D eigenvalue weighted by Gasteiger charge is 2.33. The molecule has 5 nitrogen and oxygen atoms in total. The topological polar surface area (TPSA) is 31.8 Å². The van der Waals surface area contributed by atoms with Crippen molar-refractivity contribution in [2.75, 3.05) is 36.7 Å². The van der Waals surface area contributed by atoms with Crippen LogP contribution in [0.2, 0.25) is 0 Å². The Hall–Kier alpha value is -2.11. The lowest BCUT2D eigenvalue weighted by Crippen LogP contribution is -2.44. The minimum atomic E-state index is 0.504. The molecule has 150 valence electrons. The highest BCUT2D eigenvalue weighted by atomic mass is 16.7. The molecule has 0 unspecified atom stereocenters. The summed E-state index contributed by atoms with van der Waals surface area (Å²) in [7, 11) is 2.19. The predicted molar refractivity (Wildman–Crippen MR) is 115 cm³/mol. The van der Waals surface area contributed by atoms with Crippen LogP contribution < -0.4 is 9.96 Å². The van der Waals surface area contributed by atoms with Crippen LogP contribution in [0.15, 0.2) is 48.7 Å². The van der Waals surface area contributed by atoms with Crippen molar-refractivity contribution in [1.82, 2.24) is 9.88 Å². The molecule has 2 aromatic rings. The normalized spacial score (nSPS) is 18.2. The number of pyridine rings is 1. The number of piperidine rings is 1. The monoisotopic (exact) mass is 380 g/mol. The molecule has 1 aromatic carbocycles. The molecule has 0 amide bonds. The van der Waals surface area contributed by atoms with Gasteiger partial charge in [-0.25, -0.2) is 10.0 Å². The van der Waals surface area contributed by atoms with Crippen molar-refractivity contribution in [3.63, 3.8) is 0 Å². The van der Waals surface area contributed by atoms with Gasteiger partial charge in [0.1, 0.15) is 5.69 Å². The summed E-state index contributed by atoms with van der Waals surface area (Å²) in [6.45, 7) is 6.05. The van der Waals surface area contributed by atoms with Gasteiger partial charge >= 0.3 is 0 Å². The van der Waals surface area contributed by atoms with Gasteiger partial charge in [0, 0.05) is 38.9 Å². The van der Waals surface area contributed by atoms with Gasteiger partial charge in [0.05, 0.1) is 12.6 Å². The zero-order valence-electron chi connectivity index (χ0n) is 17.1. The molecule has 2 heterocycles. The fourth-order valence-corrected chi connectivity index (χ4v) is 4.13. The first-order valence-corrected chi connectivity index (χ1v) is 10.6. The van der Waals surface area contributed by atoms with Crippen molar-refractivity contribution in [3.05, 3.63) is 54.2 Å². The smallest absolute Gasteiger partial charge is 0.154 e. The SMILES string of the molecule is CCON(c1cccnc1N(C)C1CCN(Cc2ccccc2)CC1)C1CC1. The van der Waals surface area contributed by atoms with E-state index in [0.29, 0.717) is 18.7 Å². The Labute approximate surface area is 168 Å². The number of benzene rings is 1. The van der Waals surface area contributed by atoms with Crippen molar-refractivity contribution in [2.45, 2.75) is 51.2 Å². The van der Waals surface area contributed by atoms with Gasteiger partial charge in [0.2, 0.25) is 0 Å². The highest BCUT2D eigenvalue weighted by Crippen LogP contribution is 2.37. The van der Waals surface area contributed by atoms with Gasteiger partial charge < -0.3 is 4.90 Å². The Kier molecular flexibility index (Phi) is 6.13. The van der Waals surface area contributed by atoms with E-state index in [1.54, 1.807) is 0 Å². The quantitative estimate of drug-likeness (QED) is 0.644. The summed E-state index contributed by atoms with van der Waals surface area (Å²) in [6.07, 6.45) is 6.64. The maximum atomic E-state index is 5.97. The Morgan fingerprint density at radius 3 is 2.43 bits per heavy atom. The number of rotatable bonds is 8. The van der Waals surface area contributed by atoms with Crippen LogP contribution in [0.4, 0.5) is 11.5 Å². The third-order valence-electron chi connectivity index (χ3n) is 5.84. The molecule has 2 aliphatic rings. The van der Waals surface area contributed by atoms with Crippen molar-refractivity contribution >= 4 is 11.5 Å². The minimum absolute atomic E-state index is 0.504. The average Bonchev–Trinajstić information content (AvgIpc) is 3.58. The highest BCUT2D eigenvalue weighted by molar-refractivity contribution is 5.66. The van der Waals surface area contributed by atoms with Crippen LogP contribution in [-0.2, 0) is 11.4 Å². The zero-order chi connectivity index (χ0) is 19.3. The van der Waals surface area contributed by atoms with E-state index < -0.39 is 0 Å². The van der Waals surface area contributed by atoms with Crippen molar-refractivity contribution < 1.29 is 4.84 Å². The maximum Gasteiger partial charge on any atom is 0.154 e. The average molecular weight is 381 g/mol. The van der Waals surface area contributed by atoms with Crippen molar-refractivity contribution in [1.29, 1.82) is 0 Å². The van der Waals surface area contributed by atoms with Gasteiger partial charge in [-0.15, -0.1) is 0 Å². The van der Waals surface area contributed by atoms with Crippen LogP contribution in [-0.4, -0.2) is 48.7 Å². The second kappa shape index (κ2) is 8.93. The van der Waals surface area contributed by atoms with Crippen LogP contribution in [0.5, 0.6) is 0 Å². The standard InChI is InChI=1S/C23H32N4O/c1-3-28-27(21-11-12-21)22-10-7-15-24-23(22)25(2)20-13-16-26(17-14-20)18-19-8-5-4-6-9-19/h4-10,15,20-21H,3,11-14,16-18H2,1-2H3. The summed E-state index contributed by atoms with van der Waals surface area (Å²) >= 11 is 0. The number of anilines is 2. The maximum absolute atomic E-state index is 5.97. The summed E-state index contributed by atoms with van der Waals surface area (Å²) in [6, 6.07) is 16.0. The molecule has 1 aliphatic carbocycles. The molecular weight excluding hydrogens is 348 g/mol. The van der Waals surface area contributed by atoms with Crippen LogP contribution in [0, 0.1) is 0 Å². The summed E-state index contributed by atoms with van der Waals surface area (Å²) in [5.41, 5.74) is 2.51. The van der Waals surface area contributed by atoms with Gasteiger partial charge in [0.25, 0.3) is 0 Å². The largest absolute Gasteiger partial charge is 0.355 e. The van der Waals surface area contributed by atoms with E-state index >= 15 is 0 Å². The number of hydroxylamine groups is 1. The molecule has 1 aromatic heterocycles. The first-order valence-electron chi connectivity index (χ1n) is 10.6. The molecule has 28 heavy (non-hydrogen) atoms. The van der Waals surface area contributed by atoms with Crippen LogP contribution >= 0.6 is 0 Å². The van der Waals surface area contributed by atoms with Crippen LogP contribution in [0.3, 0.4) is 0 Å². The number of aromatic nitrogens is 1. The molecule has 0 atom stereocenters. The van der Waals surface area contributed by atoms with Crippen LogP contribution in [0.25, 0.3) is 0 Å². The molecule has 1 saturated heterocycles. The summed E-state index contributed by atoms with van der Waals surface area (Å²) in [4.78, 5) is 15.7. The van der Waals surface area contributed by atoms with E-state index in [-0.39, 0.29) is 0 Å². The molecule has 2 fully saturated rings. The summed E-state index contributed by atoms with van der Waals surface area (Å²) in [5, 5.41) is 2.10. The number of hydrogen-bond acceptors (Lipinski definition) is 5. The number of nitrogens with zero attached hydrogens (tertiary/aromatic N) is 4. The van der Waals surface area contributed by atoms with Crippen LogP contribution in [0.1, 0.15) is 38.2 Å². The molecule has 0 radical (unpaired) electrons. The second-order valence-corrected chi connectivity index (χ2v) is 7.92. The van der Waals surface area contributed by atoms with E-state index in [4.69, 9.17) is 9.82 Å². The van der Waals surface area contributed by atoms with E-state index in [1.165, 1.54) is 18.4 Å². The second-order valence-electron chi connectivity index (χ2n) is 7.92. The Morgan fingerprint density at radius 2 is 1.75 bits per heavy atom. The molecule has 1 aliphatic heterocycles. The lowest BCUT2D eigenvalue weighted by molar-refractivity contribution is 0.116. The van der Waals surface area contributed by atoms with Crippen molar-refractivity contribution in [3.8, 4) is 0 Å². The first-order chi connectivity index (χ1) is 13.8. The molecule has 1 saturated carbocycles. The lowest BCUT2D eigenvalue weighted by atomic mass is 10.0. The minimum Gasteiger partial charge on any atom is -0.355 e. The molecule has 0 bridgehead atoms. The molecule has 5 heteroatoms. The van der Waals surface area contributed by atoms with Gasteiger partial charge in [0.15, 0.2) is 5.82 Å². The Morgan fingerprint density at radius 1 is 1.00 bits per heavy atom.